The maximum absolute atomic E-state index is 13.4. The van der Waals surface area contributed by atoms with Crippen LogP contribution in [0.2, 0.25) is 0 Å². The zero-order chi connectivity index (χ0) is 26.7. The molecule has 0 bridgehead atoms. The van der Waals surface area contributed by atoms with E-state index >= 15 is 0 Å². The normalized spacial score (nSPS) is 15.1. The Morgan fingerprint density at radius 3 is 2.57 bits per heavy atom. The van der Waals surface area contributed by atoms with E-state index < -0.39 is 0 Å². The average molecular weight is 507 g/mol. The molecule has 1 unspecified atom stereocenters. The van der Waals surface area contributed by atoms with Crippen molar-refractivity contribution in [2.45, 2.75) is 60.0 Å². The van der Waals surface area contributed by atoms with Crippen molar-refractivity contribution in [2.24, 2.45) is 11.8 Å². The second kappa shape index (κ2) is 11.2. The van der Waals surface area contributed by atoms with Crippen LogP contribution in [0.5, 0.6) is 5.75 Å². The molecule has 0 spiro atoms. The molecule has 198 valence electrons. The number of fused-ring (bicyclic) bond motifs is 1. The molecular weight excluding hydrogens is 468 g/mol. The minimum Gasteiger partial charge on any atom is -0.496 e. The first-order chi connectivity index (χ1) is 17.7. The summed E-state index contributed by atoms with van der Waals surface area (Å²) in [6.07, 6.45) is 2.76. The summed E-state index contributed by atoms with van der Waals surface area (Å²) in [6, 6.07) is 9.70. The lowest BCUT2D eigenvalue weighted by Gasteiger charge is -2.34. The number of piperidine rings is 1. The molecule has 1 atom stereocenters. The number of nitrogens with zero attached hydrogens (tertiary/aromatic N) is 2. The molecule has 0 radical (unpaired) electrons. The van der Waals surface area contributed by atoms with Gasteiger partial charge in [0.25, 0.3) is 11.5 Å². The van der Waals surface area contributed by atoms with Crippen LogP contribution in [0.3, 0.4) is 0 Å². The van der Waals surface area contributed by atoms with Gasteiger partial charge in [-0.05, 0) is 51.2 Å². The van der Waals surface area contributed by atoms with Crippen LogP contribution in [0.25, 0.3) is 10.9 Å². The number of hydrogen-bond acceptors (Lipinski definition) is 4. The van der Waals surface area contributed by atoms with E-state index in [0.717, 1.165) is 55.5 Å². The van der Waals surface area contributed by atoms with Crippen molar-refractivity contribution in [3.8, 4) is 5.75 Å². The Bertz CT molecular complexity index is 1350. The van der Waals surface area contributed by atoms with E-state index in [9.17, 15) is 14.4 Å². The van der Waals surface area contributed by atoms with Crippen molar-refractivity contribution in [3.05, 3.63) is 63.2 Å². The number of ether oxygens (including phenoxy) is 1. The van der Waals surface area contributed by atoms with E-state index in [2.05, 4.69) is 27.9 Å². The van der Waals surface area contributed by atoms with Crippen LogP contribution in [0, 0.1) is 25.7 Å². The van der Waals surface area contributed by atoms with Crippen LogP contribution >= 0.6 is 0 Å². The highest BCUT2D eigenvalue weighted by atomic mass is 16.5. The number of methoxy groups -OCH3 is 1. The number of aromatic amines is 1. The molecule has 2 aromatic heterocycles. The van der Waals surface area contributed by atoms with Crippen LogP contribution < -0.4 is 15.6 Å². The second-order valence-corrected chi connectivity index (χ2v) is 10.2. The minimum atomic E-state index is -0.269. The number of carbonyl (C=O) groups excluding carboxylic acids is 2. The lowest BCUT2D eigenvalue weighted by Crippen LogP contribution is -2.41. The molecule has 1 aliphatic heterocycles. The maximum atomic E-state index is 13.4. The van der Waals surface area contributed by atoms with Crippen LogP contribution in [0.1, 0.15) is 60.4 Å². The molecule has 0 saturated carbocycles. The quantitative estimate of drug-likeness (QED) is 0.479. The number of pyridine rings is 1. The second-order valence-electron chi connectivity index (χ2n) is 10.2. The Morgan fingerprint density at radius 2 is 1.89 bits per heavy atom. The molecule has 8 heteroatoms. The zero-order valence-electron chi connectivity index (χ0n) is 22.5. The predicted molar refractivity (Wildman–Crippen MR) is 145 cm³/mol. The fourth-order valence-electron chi connectivity index (χ4n) is 5.33. The molecule has 2 amide bonds. The first kappa shape index (κ1) is 26.5. The molecule has 37 heavy (non-hydrogen) atoms. The molecule has 3 aromatic rings. The van der Waals surface area contributed by atoms with E-state index in [0.29, 0.717) is 28.5 Å². The molecule has 8 nitrogen and oxygen atoms in total. The predicted octanol–water partition coefficient (Wildman–Crippen LogP) is 4.17. The zero-order valence-corrected chi connectivity index (χ0v) is 22.5. The Hall–Kier alpha value is -3.55. The molecule has 1 aromatic carbocycles. The van der Waals surface area contributed by atoms with Gasteiger partial charge in [0, 0.05) is 47.8 Å². The van der Waals surface area contributed by atoms with Gasteiger partial charge in [-0.15, -0.1) is 0 Å². The van der Waals surface area contributed by atoms with Gasteiger partial charge in [0.15, 0.2) is 0 Å². The average Bonchev–Trinajstić information content (AvgIpc) is 3.18. The standard InChI is InChI=1S/C29H38N4O4/c1-6-18(2)29(36)32-13-11-21(12-14-32)17-33-20(4)26(22-9-7-8-10-24(22)33)28(35)30-16-23-25(37-5)15-19(3)31-27(23)34/h7-10,15,18,21H,6,11-14,16-17H2,1-5H3,(H,30,35)(H,31,34). The van der Waals surface area contributed by atoms with Gasteiger partial charge >= 0.3 is 0 Å². The monoisotopic (exact) mass is 506 g/mol. The Balaban J connectivity index is 1.53. The van der Waals surface area contributed by atoms with E-state index in [4.69, 9.17) is 4.74 Å². The molecule has 1 fully saturated rings. The first-order valence-electron chi connectivity index (χ1n) is 13.2. The molecular formula is C29H38N4O4. The third kappa shape index (κ3) is 5.43. The summed E-state index contributed by atoms with van der Waals surface area (Å²) in [5.74, 6) is 0.999. The summed E-state index contributed by atoms with van der Waals surface area (Å²) in [6.45, 7) is 10.3. The topological polar surface area (TPSA) is 96.4 Å². The van der Waals surface area contributed by atoms with Crippen molar-refractivity contribution in [1.82, 2.24) is 19.8 Å². The highest BCUT2D eigenvalue weighted by Gasteiger charge is 2.27. The van der Waals surface area contributed by atoms with Crippen molar-refractivity contribution in [3.63, 3.8) is 0 Å². The molecule has 1 saturated heterocycles. The summed E-state index contributed by atoms with van der Waals surface area (Å²) < 4.78 is 7.61. The van der Waals surface area contributed by atoms with E-state index in [1.54, 1.807) is 13.0 Å². The van der Waals surface area contributed by atoms with Gasteiger partial charge in [-0.3, -0.25) is 14.4 Å². The number of amides is 2. The number of aromatic nitrogens is 2. The van der Waals surface area contributed by atoms with E-state index in [-0.39, 0.29) is 29.8 Å². The van der Waals surface area contributed by atoms with Crippen molar-refractivity contribution in [2.75, 3.05) is 20.2 Å². The van der Waals surface area contributed by atoms with Crippen LogP contribution in [0.15, 0.2) is 35.1 Å². The smallest absolute Gasteiger partial charge is 0.256 e. The SMILES string of the molecule is CCC(C)C(=O)N1CCC(Cn2c(C)c(C(=O)NCc3c(OC)cc(C)[nH]c3=O)c3ccccc32)CC1. The third-order valence-electron chi connectivity index (χ3n) is 7.73. The van der Waals surface area contributed by atoms with Crippen LogP contribution in [0.4, 0.5) is 0 Å². The number of carbonyl (C=O) groups is 2. The highest BCUT2D eigenvalue weighted by molar-refractivity contribution is 6.08. The van der Waals surface area contributed by atoms with Gasteiger partial charge in [-0.1, -0.05) is 32.0 Å². The largest absolute Gasteiger partial charge is 0.496 e. The van der Waals surface area contributed by atoms with Gasteiger partial charge in [-0.2, -0.15) is 0 Å². The summed E-state index contributed by atoms with van der Waals surface area (Å²) >= 11 is 0. The van der Waals surface area contributed by atoms with Gasteiger partial charge in [0.05, 0.1) is 24.8 Å². The highest BCUT2D eigenvalue weighted by Crippen LogP contribution is 2.29. The van der Waals surface area contributed by atoms with Gasteiger partial charge in [-0.25, -0.2) is 0 Å². The van der Waals surface area contributed by atoms with Crippen LogP contribution in [-0.2, 0) is 17.9 Å². The summed E-state index contributed by atoms with van der Waals surface area (Å²) in [7, 11) is 1.52. The lowest BCUT2D eigenvalue weighted by atomic mass is 9.95. The van der Waals surface area contributed by atoms with Crippen LogP contribution in [-0.4, -0.2) is 46.5 Å². The number of hydrogen-bond donors (Lipinski definition) is 2. The number of rotatable bonds is 8. The van der Waals surface area contributed by atoms with Crippen molar-refractivity contribution in [1.29, 1.82) is 0 Å². The minimum absolute atomic E-state index is 0.0687. The van der Waals surface area contributed by atoms with E-state index in [1.165, 1.54) is 7.11 Å². The Morgan fingerprint density at radius 1 is 1.19 bits per heavy atom. The Labute approximate surface area is 218 Å². The first-order valence-corrected chi connectivity index (χ1v) is 13.2. The number of H-pyrrole nitrogens is 1. The fourth-order valence-corrected chi connectivity index (χ4v) is 5.33. The van der Waals surface area contributed by atoms with Crippen molar-refractivity contribution < 1.29 is 14.3 Å². The molecule has 1 aliphatic rings. The van der Waals surface area contributed by atoms with Gasteiger partial charge in [0.2, 0.25) is 5.91 Å². The van der Waals surface area contributed by atoms with Gasteiger partial charge < -0.3 is 24.5 Å². The van der Waals surface area contributed by atoms with E-state index in [1.807, 2.05) is 36.9 Å². The summed E-state index contributed by atoms with van der Waals surface area (Å²) in [5.41, 5.74) is 3.38. The number of aryl methyl sites for hydroxylation is 1. The molecule has 3 heterocycles. The van der Waals surface area contributed by atoms with Crippen molar-refractivity contribution >= 4 is 22.7 Å². The summed E-state index contributed by atoms with van der Waals surface area (Å²) in [5, 5.41) is 3.83. The van der Waals surface area contributed by atoms with Gasteiger partial charge in [0.1, 0.15) is 5.75 Å². The molecule has 0 aliphatic carbocycles. The fraction of sp³-hybridized carbons (Fsp3) is 0.483. The lowest BCUT2D eigenvalue weighted by molar-refractivity contribution is -0.136. The number of likely N-dealkylation sites (tertiary alicyclic amines) is 1. The number of para-hydroxylation sites is 1. The third-order valence-corrected chi connectivity index (χ3v) is 7.73. The number of benzene rings is 1. The Kier molecular flexibility index (Phi) is 8.05. The molecule has 2 N–H and O–H groups in total. The maximum Gasteiger partial charge on any atom is 0.256 e. The number of nitrogens with one attached hydrogen (secondary N) is 2. The summed E-state index contributed by atoms with van der Waals surface area (Å²) in [4.78, 5) is 43.3. The molecule has 4 rings (SSSR count).